The maximum Gasteiger partial charge on any atom is 0.337 e. The monoisotopic (exact) mass is 266 g/mol. The molecule has 4 N–H and O–H groups in total. The molecule has 2 rings (SSSR count). The highest BCUT2D eigenvalue weighted by molar-refractivity contribution is 8.00. The number of carboxylic acids is 1. The summed E-state index contributed by atoms with van der Waals surface area (Å²) in [5.74, 6) is -0.948. The number of thioether (sulfide) groups is 1. The van der Waals surface area contributed by atoms with E-state index in [0.29, 0.717) is 11.4 Å². The van der Waals surface area contributed by atoms with Gasteiger partial charge >= 0.3 is 5.97 Å². The fourth-order valence-electron chi connectivity index (χ4n) is 2.17. The highest BCUT2D eigenvalue weighted by Crippen LogP contribution is 2.42. The van der Waals surface area contributed by atoms with Gasteiger partial charge in [0, 0.05) is 22.7 Å². The lowest BCUT2D eigenvalue weighted by molar-refractivity contribution is 0.0698. The van der Waals surface area contributed by atoms with Gasteiger partial charge < -0.3 is 16.2 Å². The molecule has 1 aliphatic carbocycles. The lowest BCUT2D eigenvalue weighted by Crippen LogP contribution is -2.40. The maximum atomic E-state index is 11.2. The zero-order valence-electron chi connectivity index (χ0n) is 10.4. The van der Waals surface area contributed by atoms with Crippen LogP contribution in [0.15, 0.2) is 18.2 Å². The topological polar surface area (TPSA) is 75.3 Å². The number of nitrogens with one attached hydrogen (secondary N) is 1. The molecule has 1 aromatic rings. The summed E-state index contributed by atoms with van der Waals surface area (Å²) in [4.78, 5) is 11.2. The van der Waals surface area contributed by atoms with E-state index in [1.807, 2.05) is 11.8 Å². The van der Waals surface area contributed by atoms with Crippen LogP contribution in [0.3, 0.4) is 0 Å². The van der Waals surface area contributed by atoms with Crippen molar-refractivity contribution in [3.8, 4) is 0 Å². The minimum absolute atomic E-state index is 0.241. The number of carboxylic acid groups (broad SMARTS) is 1. The number of nitrogen functional groups attached to an aromatic ring is 1. The van der Waals surface area contributed by atoms with Gasteiger partial charge in [0.05, 0.1) is 5.56 Å². The Hall–Kier alpha value is -1.36. The number of benzene rings is 1. The van der Waals surface area contributed by atoms with Gasteiger partial charge in [-0.2, -0.15) is 11.8 Å². The highest BCUT2D eigenvalue weighted by Gasteiger charge is 2.35. The normalized spacial score (nSPS) is 16.9. The quantitative estimate of drug-likeness (QED) is 0.714. The number of rotatable bonds is 5. The third-order valence-corrected chi connectivity index (χ3v) is 4.99. The summed E-state index contributed by atoms with van der Waals surface area (Å²) >= 11 is 1.86. The Labute approximate surface area is 111 Å². The molecule has 0 atom stereocenters. The van der Waals surface area contributed by atoms with Crippen molar-refractivity contribution in [2.24, 2.45) is 0 Å². The van der Waals surface area contributed by atoms with Gasteiger partial charge in [0.1, 0.15) is 0 Å². The van der Waals surface area contributed by atoms with E-state index in [1.165, 1.54) is 25.3 Å². The fourth-order valence-corrected chi connectivity index (χ4v) is 3.09. The van der Waals surface area contributed by atoms with Gasteiger partial charge in [0.25, 0.3) is 0 Å². The number of hydrogen-bond donors (Lipinski definition) is 3. The fraction of sp³-hybridized carbons (Fsp3) is 0.462. The van der Waals surface area contributed by atoms with Crippen molar-refractivity contribution in [2.75, 3.05) is 23.9 Å². The van der Waals surface area contributed by atoms with Crippen LogP contribution in [0.2, 0.25) is 0 Å². The molecule has 0 bridgehead atoms. The van der Waals surface area contributed by atoms with Gasteiger partial charge in [-0.15, -0.1) is 0 Å². The van der Waals surface area contributed by atoms with Crippen molar-refractivity contribution >= 4 is 29.1 Å². The number of anilines is 2. The van der Waals surface area contributed by atoms with Gasteiger partial charge in [-0.25, -0.2) is 4.79 Å². The van der Waals surface area contributed by atoms with Gasteiger partial charge in [0.2, 0.25) is 0 Å². The van der Waals surface area contributed by atoms with E-state index < -0.39 is 5.97 Å². The third kappa shape index (κ3) is 2.56. The Morgan fingerprint density at radius 3 is 2.78 bits per heavy atom. The summed E-state index contributed by atoms with van der Waals surface area (Å²) in [7, 11) is 0. The van der Waals surface area contributed by atoms with Gasteiger partial charge in [-0.1, -0.05) is 6.42 Å². The average Bonchev–Trinajstić information content (AvgIpc) is 2.29. The lowest BCUT2D eigenvalue weighted by atomic mass is 9.84. The molecule has 0 radical (unpaired) electrons. The summed E-state index contributed by atoms with van der Waals surface area (Å²) in [5, 5.41) is 12.4. The standard InChI is InChI=1S/C13H18N2O2S/c1-18-13(5-2-6-13)8-15-11-4-3-9(14)7-10(11)12(16)17/h3-4,7,15H,2,5-6,8,14H2,1H3,(H,16,17). The summed E-state index contributed by atoms with van der Waals surface area (Å²) in [6.45, 7) is 0.804. The van der Waals surface area contributed by atoms with Crippen LogP contribution in [0.1, 0.15) is 29.6 Å². The maximum absolute atomic E-state index is 11.2. The van der Waals surface area contributed by atoms with E-state index in [0.717, 1.165) is 6.54 Å². The summed E-state index contributed by atoms with van der Waals surface area (Å²) in [6, 6.07) is 4.96. The SMILES string of the molecule is CSC1(CNc2ccc(N)cc2C(=O)O)CCC1. The van der Waals surface area contributed by atoms with Crippen LogP contribution in [0.5, 0.6) is 0 Å². The first kappa shape index (κ1) is 13.1. The second-order valence-corrected chi connectivity index (χ2v) is 5.98. The van der Waals surface area contributed by atoms with Gasteiger partial charge in [-0.05, 0) is 37.3 Å². The Morgan fingerprint density at radius 1 is 1.56 bits per heavy atom. The van der Waals surface area contributed by atoms with E-state index in [1.54, 1.807) is 12.1 Å². The van der Waals surface area contributed by atoms with E-state index in [9.17, 15) is 4.79 Å². The average molecular weight is 266 g/mol. The largest absolute Gasteiger partial charge is 0.478 e. The molecule has 1 saturated carbocycles. The molecule has 98 valence electrons. The van der Waals surface area contributed by atoms with E-state index in [4.69, 9.17) is 10.8 Å². The first-order valence-electron chi connectivity index (χ1n) is 5.98. The number of hydrogen-bond acceptors (Lipinski definition) is 4. The lowest BCUT2D eigenvalue weighted by Gasteiger charge is -2.40. The molecule has 18 heavy (non-hydrogen) atoms. The summed E-state index contributed by atoms with van der Waals surface area (Å²) in [5.41, 5.74) is 6.98. The molecule has 0 aromatic heterocycles. The molecule has 4 nitrogen and oxygen atoms in total. The van der Waals surface area contributed by atoms with Crippen molar-refractivity contribution < 1.29 is 9.90 Å². The van der Waals surface area contributed by atoms with Crippen LogP contribution in [-0.4, -0.2) is 28.6 Å². The summed E-state index contributed by atoms with van der Waals surface area (Å²) < 4.78 is 0.275. The van der Waals surface area contributed by atoms with Crippen LogP contribution in [0.4, 0.5) is 11.4 Å². The third-order valence-electron chi connectivity index (χ3n) is 3.57. The smallest absolute Gasteiger partial charge is 0.337 e. The predicted molar refractivity (Wildman–Crippen MR) is 76.4 cm³/mol. The van der Waals surface area contributed by atoms with Crippen molar-refractivity contribution in [3.63, 3.8) is 0 Å². The second kappa shape index (κ2) is 5.10. The molecule has 5 heteroatoms. The van der Waals surface area contributed by atoms with Gasteiger partial charge in [0.15, 0.2) is 0 Å². The van der Waals surface area contributed by atoms with Crippen LogP contribution >= 0.6 is 11.8 Å². The number of nitrogens with two attached hydrogens (primary N) is 1. The van der Waals surface area contributed by atoms with E-state index >= 15 is 0 Å². The predicted octanol–water partition coefficient (Wildman–Crippen LogP) is 2.66. The number of carbonyl (C=O) groups is 1. The molecule has 1 aliphatic rings. The van der Waals surface area contributed by atoms with E-state index in [-0.39, 0.29) is 10.3 Å². The molecular weight excluding hydrogens is 248 g/mol. The molecule has 0 spiro atoms. The molecular formula is C13H18N2O2S. The minimum atomic E-state index is -0.948. The van der Waals surface area contributed by atoms with Crippen molar-refractivity contribution in [3.05, 3.63) is 23.8 Å². The van der Waals surface area contributed by atoms with Crippen molar-refractivity contribution in [1.29, 1.82) is 0 Å². The van der Waals surface area contributed by atoms with Crippen molar-refractivity contribution in [2.45, 2.75) is 24.0 Å². The molecule has 0 unspecified atom stereocenters. The Kier molecular flexibility index (Phi) is 3.71. The van der Waals surface area contributed by atoms with Crippen LogP contribution < -0.4 is 11.1 Å². The molecule has 1 aromatic carbocycles. The molecule has 1 fully saturated rings. The summed E-state index contributed by atoms with van der Waals surface area (Å²) in [6.07, 6.45) is 5.76. The molecule has 0 saturated heterocycles. The highest BCUT2D eigenvalue weighted by atomic mass is 32.2. The van der Waals surface area contributed by atoms with E-state index in [2.05, 4.69) is 11.6 Å². The van der Waals surface area contributed by atoms with Crippen LogP contribution in [0.25, 0.3) is 0 Å². The Bertz CT molecular complexity index is 453. The first-order valence-corrected chi connectivity index (χ1v) is 7.21. The molecule has 0 aliphatic heterocycles. The van der Waals surface area contributed by atoms with Crippen LogP contribution in [-0.2, 0) is 0 Å². The molecule has 0 amide bonds. The Morgan fingerprint density at radius 2 is 2.28 bits per heavy atom. The Balaban J connectivity index is 2.11. The van der Waals surface area contributed by atoms with Crippen molar-refractivity contribution in [1.82, 2.24) is 0 Å². The minimum Gasteiger partial charge on any atom is -0.478 e. The molecule has 0 heterocycles. The number of aromatic carboxylic acids is 1. The first-order chi connectivity index (χ1) is 8.56. The second-order valence-electron chi connectivity index (χ2n) is 4.70. The van der Waals surface area contributed by atoms with Crippen LogP contribution in [0, 0.1) is 0 Å². The van der Waals surface area contributed by atoms with Gasteiger partial charge in [-0.3, -0.25) is 0 Å². The zero-order chi connectivity index (χ0) is 13.2. The zero-order valence-corrected chi connectivity index (χ0v) is 11.2.